The van der Waals surface area contributed by atoms with Crippen molar-refractivity contribution in [2.75, 3.05) is 20.3 Å². The summed E-state index contributed by atoms with van der Waals surface area (Å²) in [6.45, 7) is -0.158. The van der Waals surface area contributed by atoms with Gasteiger partial charge in [0.2, 0.25) is 0 Å². The molecule has 0 unspecified atom stereocenters. The van der Waals surface area contributed by atoms with Gasteiger partial charge in [-0.25, -0.2) is 4.39 Å². The summed E-state index contributed by atoms with van der Waals surface area (Å²) in [4.78, 5) is 24.0. The van der Waals surface area contributed by atoms with E-state index in [1.807, 2.05) is 0 Å². The first kappa shape index (κ1) is 13.2. The van der Waals surface area contributed by atoms with E-state index in [2.05, 4.69) is 20.7 Å². The molecular formula is C12H10BrFO4. The SMILES string of the molecule is COC(=O)C1(C(=O)c2cc(Br)ccc2F)COC1. The van der Waals surface area contributed by atoms with Crippen LogP contribution >= 0.6 is 15.9 Å². The standard InChI is InChI=1S/C12H10BrFO4/c1-17-11(16)12(5-18-6-12)10(15)8-4-7(13)2-3-9(8)14/h2-4H,5-6H2,1H3. The molecule has 1 aliphatic heterocycles. The molecule has 0 spiro atoms. The van der Waals surface area contributed by atoms with Crippen LogP contribution in [-0.4, -0.2) is 32.1 Å². The zero-order chi connectivity index (χ0) is 13.3. The molecule has 0 amide bonds. The molecule has 1 heterocycles. The molecule has 0 aromatic heterocycles. The van der Waals surface area contributed by atoms with Gasteiger partial charge in [-0.05, 0) is 18.2 Å². The van der Waals surface area contributed by atoms with Crippen LogP contribution < -0.4 is 0 Å². The van der Waals surface area contributed by atoms with E-state index in [4.69, 9.17) is 4.74 Å². The second-order valence-electron chi connectivity index (χ2n) is 4.02. The summed E-state index contributed by atoms with van der Waals surface area (Å²) >= 11 is 3.16. The molecule has 1 aromatic carbocycles. The van der Waals surface area contributed by atoms with E-state index < -0.39 is 23.0 Å². The fourth-order valence-corrected chi connectivity index (χ4v) is 2.13. The van der Waals surface area contributed by atoms with E-state index >= 15 is 0 Å². The van der Waals surface area contributed by atoms with Crippen molar-refractivity contribution in [3.05, 3.63) is 34.1 Å². The second kappa shape index (κ2) is 4.78. The highest BCUT2D eigenvalue weighted by atomic mass is 79.9. The van der Waals surface area contributed by atoms with Crippen LogP contribution in [0.3, 0.4) is 0 Å². The van der Waals surface area contributed by atoms with Gasteiger partial charge in [0.25, 0.3) is 0 Å². The third kappa shape index (κ3) is 1.95. The van der Waals surface area contributed by atoms with Gasteiger partial charge in [0, 0.05) is 4.47 Å². The Balaban J connectivity index is 2.41. The van der Waals surface area contributed by atoms with Crippen molar-refractivity contribution in [3.63, 3.8) is 0 Å². The molecule has 0 atom stereocenters. The Morgan fingerprint density at radius 3 is 2.61 bits per heavy atom. The van der Waals surface area contributed by atoms with Gasteiger partial charge < -0.3 is 9.47 Å². The average molecular weight is 317 g/mol. The van der Waals surface area contributed by atoms with E-state index in [1.165, 1.54) is 25.3 Å². The monoisotopic (exact) mass is 316 g/mol. The average Bonchev–Trinajstić information content (AvgIpc) is 2.30. The number of benzene rings is 1. The Hall–Kier alpha value is -1.27. The van der Waals surface area contributed by atoms with Gasteiger partial charge in [-0.1, -0.05) is 15.9 Å². The molecule has 0 saturated carbocycles. The summed E-state index contributed by atoms with van der Waals surface area (Å²) in [6, 6.07) is 4.00. The fraction of sp³-hybridized carbons (Fsp3) is 0.333. The smallest absolute Gasteiger partial charge is 0.324 e. The van der Waals surface area contributed by atoms with Crippen LogP contribution in [0.5, 0.6) is 0 Å². The first-order valence-corrected chi connectivity index (χ1v) is 5.96. The molecule has 18 heavy (non-hydrogen) atoms. The number of carbonyl (C=O) groups is 2. The van der Waals surface area contributed by atoms with Crippen molar-refractivity contribution in [3.8, 4) is 0 Å². The molecule has 0 N–H and O–H groups in total. The number of ketones is 1. The normalized spacial score (nSPS) is 16.8. The van der Waals surface area contributed by atoms with E-state index in [0.29, 0.717) is 4.47 Å². The van der Waals surface area contributed by atoms with Crippen LogP contribution in [0.25, 0.3) is 0 Å². The molecule has 1 fully saturated rings. The molecule has 96 valence electrons. The van der Waals surface area contributed by atoms with Crippen molar-refractivity contribution in [1.82, 2.24) is 0 Å². The van der Waals surface area contributed by atoms with Gasteiger partial charge in [-0.3, -0.25) is 9.59 Å². The van der Waals surface area contributed by atoms with Gasteiger partial charge in [0.15, 0.2) is 11.2 Å². The Kier molecular flexibility index (Phi) is 3.49. The summed E-state index contributed by atoms with van der Waals surface area (Å²) in [5, 5.41) is 0. The lowest BCUT2D eigenvalue weighted by Gasteiger charge is -2.36. The molecule has 0 aliphatic carbocycles. The number of hydrogen-bond donors (Lipinski definition) is 0. The van der Waals surface area contributed by atoms with E-state index in [-0.39, 0.29) is 18.8 Å². The van der Waals surface area contributed by atoms with Crippen LogP contribution in [0, 0.1) is 11.2 Å². The first-order valence-electron chi connectivity index (χ1n) is 5.17. The molecule has 1 saturated heterocycles. The zero-order valence-electron chi connectivity index (χ0n) is 9.54. The van der Waals surface area contributed by atoms with Gasteiger partial charge in [-0.2, -0.15) is 0 Å². The molecule has 1 aliphatic rings. The maximum Gasteiger partial charge on any atom is 0.324 e. The van der Waals surface area contributed by atoms with Crippen molar-refractivity contribution in [2.45, 2.75) is 0 Å². The molecule has 4 nitrogen and oxygen atoms in total. The minimum atomic E-state index is -1.41. The largest absolute Gasteiger partial charge is 0.468 e. The molecule has 6 heteroatoms. The third-order valence-electron chi connectivity index (χ3n) is 2.88. The summed E-state index contributed by atoms with van der Waals surface area (Å²) in [5.74, 6) is -1.98. The highest BCUT2D eigenvalue weighted by Crippen LogP contribution is 2.34. The maximum atomic E-state index is 13.6. The molecule has 2 rings (SSSR count). The number of carbonyl (C=O) groups excluding carboxylic acids is 2. The predicted molar refractivity (Wildman–Crippen MR) is 63.7 cm³/mol. The lowest BCUT2D eigenvalue weighted by molar-refractivity contribution is -0.172. The Labute approximate surface area is 111 Å². The van der Waals surface area contributed by atoms with Gasteiger partial charge in [-0.15, -0.1) is 0 Å². The number of rotatable bonds is 3. The lowest BCUT2D eigenvalue weighted by atomic mass is 9.78. The highest BCUT2D eigenvalue weighted by Gasteiger charge is 2.54. The number of halogens is 2. The van der Waals surface area contributed by atoms with Crippen molar-refractivity contribution in [1.29, 1.82) is 0 Å². The third-order valence-corrected chi connectivity index (χ3v) is 3.37. The fourth-order valence-electron chi connectivity index (χ4n) is 1.77. The van der Waals surface area contributed by atoms with Crippen LogP contribution in [0.4, 0.5) is 4.39 Å². The van der Waals surface area contributed by atoms with Crippen molar-refractivity contribution < 1.29 is 23.5 Å². The van der Waals surface area contributed by atoms with Crippen LogP contribution in [0.1, 0.15) is 10.4 Å². The number of Topliss-reactive ketones (excluding diaryl/α,β-unsaturated/α-hetero) is 1. The summed E-state index contributed by atoms with van der Waals surface area (Å²) in [5.41, 5.74) is -1.55. The van der Waals surface area contributed by atoms with E-state index in [9.17, 15) is 14.0 Å². The zero-order valence-corrected chi connectivity index (χ0v) is 11.1. The topological polar surface area (TPSA) is 52.6 Å². The maximum absolute atomic E-state index is 13.6. The van der Waals surface area contributed by atoms with Gasteiger partial charge in [0.05, 0.1) is 25.9 Å². The van der Waals surface area contributed by atoms with Crippen LogP contribution in [0.15, 0.2) is 22.7 Å². The van der Waals surface area contributed by atoms with Crippen LogP contribution in [0.2, 0.25) is 0 Å². The summed E-state index contributed by atoms with van der Waals surface area (Å²) < 4.78 is 23.7. The Bertz CT molecular complexity index is 511. The molecule has 1 aromatic rings. The van der Waals surface area contributed by atoms with E-state index in [0.717, 1.165) is 0 Å². The number of esters is 1. The molecule has 0 radical (unpaired) electrons. The Morgan fingerprint density at radius 1 is 1.44 bits per heavy atom. The summed E-state index contributed by atoms with van der Waals surface area (Å²) in [7, 11) is 1.19. The highest BCUT2D eigenvalue weighted by molar-refractivity contribution is 9.10. The second-order valence-corrected chi connectivity index (χ2v) is 4.94. The Morgan fingerprint density at radius 2 is 2.11 bits per heavy atom. The van der Waals surface area contributed by atoms with Crippen molar-refractivity contribution >= 4 is 27.7 Å². The van der Waals surface area contributed by atoms with E-state index in [1.54, 1.807) is 0 Å². The summed E-state index contributed by atoms with van der Waals surface area (Å²) in [6.07, 6.45) is 0. The van der Waals surface area contributed by atoms with Crippen molar-refractivity contribution in [2.24, 2.45) is 5.41 Å². The van der Waals surface area contributed by atoms with Crippen LogP contribution in [-0.2, 0) is 14.3 Å². The molecule has 0 bridgehead atoms. The van der Waals surface area contributed by atoms with Gasteiger partial charge in [0.1, 0.15) is 5.82 Å². The minimum absolute atomic E-state index is 0.0789. The lowest BCUT2D eigenvalue weighted by Crippen LogP contribution is -2.55. The first-order chi connectivity index (χ1) is 8.51. The predicted octanol–water partition coefficient (Wildman–Crippen LogP) is 1.96. The molecular weight excluding hydrogens is 307 g/mol. The minimum Gasteiger partial charge on any atom is -0.468 e. The number of ether oxygens (including phenoxy) is 2. The number of methoxy groups -OCH3 is 1. The number of hydrogen-bond acceptors (Lipinski definition) is 4. The van der Waals surface area contributed by atoms with Gasteiger partial charge >= 0.3 is 5.97 Å². The quantitative estimate of drug-likeness (QED) is 0.486.